The molecule has 0 amide bonds. The van der Waals surface area contributed by atoms with Crippen molar-refractivity contribution in [3.63, 3.8) is 0 Å². The first-order valence-electron chi connectivity index (χ1n) is 6.16. The number of aromatic nitrogens is 1. The fourth-order valence-electron chi connectivity index (χ4n) is 1.77. The number of rotatable bonds is 5. The number of ether oxygens (including phenoxy) is 1. The topological polar surface area (TPSA) is 42.4 Å². The van der Waals surface area contributed by atoms with Gasteiger partial charge in [0, 0.05) is 30.4 Å². The second-order valence-electron chi connectivity index (χ2n) is 4.31. The fraction of sp³-hybridized carbons (Fsp3) is 0.267. The Morgan fingerprint density at radius 2 is 2.00 bits per heavy atom. The van der Waals surface area contributed by atoms with Crippen molar-refractivity contribution in [3.05, 3.63) is 59.7 Å². The number of aliphatic hydroxyl groups is 1. The first kappa shape index (κ1) is 13.5. The van der Waals surface area contributed by atoms with Gasteiger partial charge < -0.3 is 9.84 Å². The molecule has 4 heteroatoms. The fourth-order valence-corrected chi connectivity index (χ4v) is 1.77. The number of pyridine rings is 1. The molecule has 1 N–H and O–H groups in total. The van der Waals surface area contributed by atoms with E-state index in [1.807, 2.05) is 12.1 Å². The Morgan fingerprint density at radius 3 is 2.63 bits per heavy atom. The number of hydrogen-bond donors (Lipinski definition) is 1. The first-order chi connectivity index (χ1) is 9.16. The van der Waals surface area contributed by atoms with Crippen LogP contribution in [0.2, 0.25) is 0 Å². The van der Waals surface area contributed by atoms with Crippen molar-refractivity contribution in [1.29, 1.82) is 0 Å². The molecule has 2 rings (SSSR count). The molecule has 0 aliphatic heterocycles. The van der Waals surface area contributed by atoms with E-state index >= 15 is 0 Å². The normalized spacial score (nSPS) is 12.2. The van der Waals surface area contributed by atoms with Gasteiger partial charge in [-0.3, -0.25) is 4.98 Å². The highest BCUT2D eigenvalue weighted by atomic mass is 19.1. The first-order valence-corrected chi connectivity index (χ1v) is 6.16. The summed E-state index contributed by atoms with van der Waals surface area (Å²) in [5, 5.41) is 9.33. The minimum atomic E-state index is -0.814. The maximum Gasteiger partial charge on any atom is 0.132 e. The summed E-state index contributed by atoms with van der Waals surface area (Å²) in [6.45, 7) is 2.00. The van der Waals surface area contributed by atoms with E-state index in [-0.39, 0.29) is 5.56 Å². The van der Waals surface area contributed by atoms with E-state index in [1.54, 1.807) is 24.5 Å². The monoisotopic (exact) mass is 261 g/mol. The van der Waals surface area contributed by atoms with Crippen LogP contribution in [0.4, 0.5) is 4.39 Å². The van der Waals surface area contributed by atoms with E-state index < -0.39 is 11.9 Å². The van der Waals surface area contributed by atoms with Gasteiger partial charge in [-0.15, -0.1) is 0 Å². The smallest absolute Gasteiger partial charge is 0.132 e. The van der Waals surface area contributed by atoms with Crippen molar-refractivity contribution >= 4 is 0 Å². The molecule has 0 bridgehead atoms. The van der Waals surface area contributed by atoms with Gasteiger partial charge in [0.05, 0.1) is 12.7 Å². The maximum absolute atomic E-state index is 13.6. The zero-order valence-electron chi connectivity index (χ0n) is 10.7. The van der Waals surface area contributed by atoms with Gasteiger partial charge in [-0.2, -0.15) is 0 Å². The summed E-state index contributed by atoms with van der Waals surface area (Å²) in [5.41, 5.74) is 1.40. The molecule has 1 atom stereocenters. The molecule has 0 saturated heterocycles. The van der Waals surface area contributed by atoms with Crippen molar-refractivity contribution in [2.24, 2.45) is 0 Å². The van der Waals surface area contributed by atoms with Crippen LogP contribution in [0.5, 0.6) is 5.75 Å². The Balaban J connectivity index is 1.92. The molecular weight excluding hydrogens is 245 g/mol. The summed E-state index contributed by atoms with van der Waals surface area (Å²) in [7, 11) is 0. The zero-order valence-corrected chi connectivity index (χ0v) is 10.7. The summed E-state index contributed by atoms with van der Waals surface area (Å²) < 4.78 is 19.1. The van der Waals surface area contributed by atoms with Crippen molar-refractivity contribution in [3.8, 4) is 5.75 Å². The van der Waals surface area contributed by atoms with Gasteiger partial charge in [-0.25, -0.2) is 4.39 Å². The van der Waals surface area contributed by atoms with Crippen molar-refractivity contribution in [1.82, 2.24) is 4.98 Å². The van der Waals surface area contributed by atoms with Crippen molar-refractivity contribution in [2.45, 2.75) is 19.4 Å². The minimum absolute atomic E-state index is 0.279. The Kier molecular flexibility index (Phi) is 4.47. The average Bonchev–Trinajstić information content (AvgIpc) is 2.39. The molecule has 0 fully saturated rings. The van der Waals surface area contributed by atoms with Crippen LogP contribution in [-0.2, 0) is 6.42 Å². The van der Waals surface area contributed by atoms with Crippen LogP contribution in [0.25, 0.3) is 0 Å². The molecular formula is C15H16FNO2. The van der Waals surface area contributed by atoms with Gasteiger partial charge >= 0.3 is 0 Å². The number of hydrogen-bond acceptors (Lipinski definition) is 3. The SMILES string of the molecule is CC(O)c1ccc(OCCc2ccncc2)cc1F. The Hall–Kier alpha value is -1.94. The van der Waals surface area contributed by atoms with Crippen molar-refractivity contribution < 1.29 is 14.2 Å². The lowest BCUT2D eigenvalue weighted by molar-refractivity contribution is 0.194. The highest BCUT2D eigenvalue weighted by Gasteiger charge is 2.08. The van der Waals surface area contributed by atoms with Crippen LogP contribution in [0.3, 0.4) is 0 Å². The average molecular weight is 261 g/mol. The molecule has 19 heavy (non-hydrogen) atoms. The molecule has 0 aliphatic carbocycles. The predicted molar refractivity (Wildman–Crippen MR) is 70.5 cm³/mol. The van der Waals surface area contributed by atoms with E-state index in [9.17, 15) is 9.50 Å². The third-order valence-electron chi connectivity index (χ3n) is 2.83. The van der Waals surface area contributed by atoms with Crippen LogP contribution < -0.4 is 4.74 Å². The molecule has 1 aromatic carbocycles. The van der Waals surface area contributed by atoms with Gasteiger partial charge in [0.15, 0.2) is 0 Å². The highest BCUT2D eigenvalue weighted by Crippen LogP contribution is 2.21. The Bertz CT molecular complexity index is 529. The second kappa shape index (κ2) is 6.29. The summed E-state index contributed by atoms with van der Waals surface area (Å²) in [5.74, 6) is 0.0207. The lowest BCUT2D eigenvalue weighted by Gasteiger charge is -2.10. The highest BCUT2D eigenvalue weighted by molar-refractivity contribution is 5.30. The molecule has 2 aromatic rings. The molecule has 1 heterocycles. The van der Waals surface area contributed by atoms with E-state index in [4.69, 9.17) is 4.74 Å². The summed E-state index contributed by atoms with van der Waals surface area (Å²) in [6, 6.07) is 8.34. The standard InChI is InChI=1S/C15H16FNO2/c1-11(18)14-3-2-13(10-15(14)16)19-9-6-12-4-7-17-8-5-12/h2-5,7-8,10-11,18H,6,9H2,1H3. The number of benzene rings is 1. The summed E-state index contributed by atoms with van der Waals surface area (Å²) >= 11 is 0. The van der Waals surface area contributed by atoms with E-state index in [0.717, 1.165) is 12.0 Å². The largest absolute Gasteiger partial charge is 0.493 e. The van der Waals surface area contributed by atoms with Gasteiger partial charge in [-0.05, 0) is 36.8 Å². The quantitative estimate of drug-likeness (QED) is 0.899. The molecule has 0 spiro atoms. The van der Waals surface area contributed by atoms with Crippen molar-refractivity contribution in [2.75, 3.05) is 6.61 Å². The Morgan fingerprint density at radius 1 is 1.26 bits per heavy atom. The van der Waals surface area contributed by atoms with Crippen LogP contribution in [0.15, 0.2) is 42.7 Å². The molecule has 3 nitrogen and oxygen atoms in total. The van der Waals surface area contributed by atoms with Crippen LogP contribution in [0.1, 0.15) is 24.2 Å². The zero-order chi connectivity index (χ0) is 13.7. The molecule has 1 unspecified atom stereocenters. The number of halogens is 1. The third-order valence-corrected chi connectivity index (χ3v) is 2.83. The molecule has 0 aliphatic rings. The van der Waals surface area contributed by atoms with E-state index in [2.05, 4.69) is 4.98 Å². The van der Waals surface area contributed by atoms with E-state index in [1.165, 1.54) is 13.0 Å². The third kappa shape index (κ3) is 3.76. The summed E-state index contributed by atoms with van der Waals surface area (Å²) in [6.07, 6.45) is 3.38. The van der Waals surface area contributed by atoms with Gasteiger partial charge in [-0.1, -0.05) is 0 Å². The Labute approximate surface area is 111 Å². The van der Waals surface area contributed by atoms with Crippen LogP contribution in [0, 0.1) is 5.82 Å². The predicted octanol–water partition coefficient (Wildman–Crippen LogP) is 2.90. The number of aliphatic hydroxyl groups excluding tert-OH is 1. The lowest BCUT2D eigenvalue weighted by atomic mass is 10.1. The molecule has 100 valence electrons. The lowest BCUT2D eigenvalue weighted by Crippen LogP contribution is -2.03. The molecule has 0 saturated carbocycles. The van der Waals surface area contributed by atoms with Gasteiger partial charge in [0.1, 0.15) is 11.6 Å². The molecule has 0 radical (unpaired) electrons. The number of nitrogens with zero attached hydrogens (tertiary/aromatic N) is 1. The van der Waals surface area contributed by atoms with Gasteiger partial charge in [0.2, 0.25) is 0 Å². The minimum Gasteiger partial charge on any atom is -0.493 e. The maximum atomic E-state index is 13.6. The van der Waals surface area contributed by atoms with Gasteiger partial charge in [0.25, 0.3) is 0 Å². The summed E-state index contributed by atoms with van der Waals surface area (Å²) in [4.78, 5) is 3.94. The second-order valence-corrected chi connectivity index (χ2v) is 4.31. The van der Waals surface area contributed by atoms with Crippen LogP contribution in [-0.4, -0.2) is 16.7 Å². The van der Waals surface area contributed by atoms with E-state index in [0.29, 0.717) is 12.4 Å². The molecule has 1 aromatic heterocycles. The van der Waals surface area contributed by atoms with Crippen LogP contribution >= 0.6 is 0 Å².